The first-order chi connectivity index (χ1) is 1.00. The highest BCUT2D eigenvalue weighted by atomic mass is 31.0. The molecule has 0 nitrogen and oxygen atoms in total. The summed E-state index contributed by atoms with van der Waals surface area (Å²) in [7, 11) is 2.42. The maximum atomic E-state index is 2.42. The van der Waals surface area contributed by atoms with Crippen LogP contribution in [0.4, 0.5) is 0 Å². The van der Waals surface area contributed by atoms with E-state index in [1.807, 2.05) is 6.66 Å². The van der Waals surface area contributed by atoms with E-state index < -0.39 is 0 Å². The van der Waals surface area contributed by atoms with Crippen LogP contribution < -0.4 is 0 Å². The van der Waals surface area contributed by atoms with Crippen LogP contribution in [0.3, 0.4) is 0 Å². The molecular formula is C43H173P. The van der Waals surface area contributed by atoms with Crippen molar-refractivity contribution < 1.29 is 0 Å². The molecule has 0 aliphatic carbocycles. The molecule has 1 unspecified atom stereocenters. The number of hydrogen-bond donors (Lipinski definition) is 0. The SMILES string of the molecule is C.C.C.C.C.C.C.C.C.C.C.C.C.C.C.C.C.C.C.C.C.C.C.C.C.C.C.C.C.C.C.C.C.C.C.C.C.C.C.C.C.C.CP. The third-order valence-corrected chi connectivity index (χ3v) is 0. The maximum Gasteiger partial charge on any atom is -0.0500 e. The van der Waals surface area contributed by atoms with E-state index in [0.717, 1.165) is 0 Å². The van der Waals surface area contributed by atoms with Crippen molar-refractivity contribution in [2.24, 2.45) is 0 Å². The Morgan fingerprint density at radius 2 is 0.0909 bits per heavy atom. The minimum Gasteiger partial charge on any atom is -0.141 e. The molecule has 0 bridgehead atoms. The van der Waals surface area contributed by atoms with Gasteiger partial charge in [-0.3, -0.25) is 0 Å². The predicted molar refractivity (Wildman–Crippen MR) is 298 cm³/mol. The van der Waals surface area contributed by atoms with Gasteiger partial charge in [0.05, 0.1) is 0 Å². The standard InChI is InChI=1S/CH5P.42CH4/c1-2;;;;;;;;;;;;;;;;;;;;;;;;;;;;;;;;;;;;;;;;;;/h2H2,1H3;42*1H4. The second-order valence-electron chi connectivity index (χ2n) is 0. The van der Waals surface area contributed by atoms with E-state index in [1.54, 1.807) is 0 Å². The smallest absolute Gasteiger partial charge is 0.0500 e. The van der Waals surface area contributed by atoms with E-state index in [0.29, 0.717) is 0 Å². The fourth-order valence-corrected chi connectivity index (χ4v) is 0. The van der Waals surface area contributed by atoms with E-state index in [9.17, 15) is 0 Å². The molecular weight excluding hydrogens is 547 g/mol. The van der Waals surface area contributed by atoms with Crippen LogP contribution in [0.5, 0.6) is 0 Å². The van der Waals surface area contributed by atoms with Crippen molar-refractivity contribution in [3.63, 3.8) is 0 Å². The molecule has 0 saturated carbocycles. The molecule has 0 aromatic heterocycles. The van der Waals surface area contributed by atoms with Gasteiger partial charge in [0.25, 0.3) is 0 Å². The topological polar surface area (TPSA) is 0 Å². The third kappa shape index (κ3) is 394000. The summed E-state index contributed by atoms with van der Waals surface area (Å²) in [5.41, 5.74) is 0. The summed E-state index contributed by atoms with van der Waals surface area (Å²) < 4.78 is 0. The summed E-state index contributed by atoms with van der Waals surface area (Å²) in [6.45, 7) is 1.92. The van der Waals surface area contributed by atoms with Gasteiger partial charge in [0.15, 0.2) is 0 Å². The Labute approximate surface area is 327 Å². The normalized spacial score (nSPS) is 0.136. The van der Waals surface area contributed by atoms with Gasteiger partial charge < -0.3 is 0 Å². The van der Waals surface area contributed by atoms with E-state index in [1.165, 1.54) is 0 Å². The molecule has 0 aliphatic heterocycles. The Hall–Kier alpha value is 0.430. The summed E-state index contributed by atoms with van der Waals surface area (Å²) in [5, 5.41) is 0. The molecule has 44 heavy (non-hydrogen) atoms. The minimum atomic E-state index is 0. The fraction of sp³-hybridized carbons (Fsp3) is 1.00. The molecule has 350 valence electrons. The van der Waals surface area contributed by atoms with Crippen LogP contribution >= 0.6 is 9.24 Å². The van der Waals surface area contributed by atoms with Crippen molar-refractivity contribution in [3.05, 3.63) is 0 Å². The van der Waals surface area contributed by atoms with Crippen molar-refractivity contribution in [2.45, 2.75) is 312 Å². The molecule has 0 aromatic rings. The average molecular weight is 722 g/mol. The van der Waals surface area contributed by atoms with Gasteiger partial charge in [-0.25, -0.2) is 0 Å². The molecule has 0 rings (SSSR count). The van der Waals surface area contributed by atoms with Crippen LogP contribution in [0.15, 0.2) is 0 Å². The molecule has 0 aromatic carbocycles. The first-order valence-electron chi connectivity index (χ1n) is 0.577. The summed E-state index contributed by atoms with van der Waals surface area (Å²) in [5.74, 6) is 0. The first-order valence-corrected chi connectivity index (χ1v) is 1.73. The molecule has 0 fully saturated rings. The lowest BCUT2D eigenvalue weighted by molar-refractivity contribution is 2.50. The highest BCUT2D eigenvalue weighted by Gasteiger charge is 0.906. The van der Waals surface area contributed by atoms with Gasteiger partial charge in [0.1, 0.15) is 0 Å². The largest absolute Gasteiger partial charge is 0.141 e. The fourth-order valence-electron chi connectivity index (χ4n) is 0. The highest BCUT2D eigenvalue weighted by Crippen LogP contribution is 1.46. The van der Waals surface area contributed by atoms with Crippen molar-refractivity contribution in [1.82, 2.24) is 0 Å². The Bertz CT molecular complexity index is 6.89. The van der Waals surface area contributed by atoms with Gasteiger partial charge in [-0.05, 0) is 0 Å². The lowest BCUT2D eigenvalue weighted by Crippen LogP contribution is -0.804. The Morgan fingerprint density at radius 3 is 0.0909 bits per heavy atom. The van der Waals surface area contributed by atoms with E-state index >= 15 is 0 Å². The molecule has 1 atom stereocenters. The molecule has 0 heterocycles. The van der Waals surface area contributed by atoms with Crippen LogP contribution in [0, 0.1) is 0 Å². The second-order valence-corrected chi connectivity index (χ2v) is 0. The predicted octanol–water partition coefficient (Wildman–Crippen LogP) is 27.2. The Balaban J connectivity index is -0.00000000000581. The summed E-state index contributed by atoms with van der Waals surface area (Å²) in [6, 6.07) is 0. The minimum absolute atomic E-state index is 0. The van der Waals surface area contributed by atoms with Crippen LogP contribution in [0.25, 0.3) is 0 Å². The third-order valence-electron chi connectivity index (χ3n) is 0. The van der Waals surface area contributed by atoms with Gasteiger partial charge >= 0.3 is 0 Å². The molecule has 0 aliphatic rings. The van der Waals surface area contributed by atoms with Gasteiger partial charge in [-0.2, -0.15) is 0 Å². The van der Waals surface area contributed by atoms with E-state index in [2.05, 4.69) is 9.24 Å². The average Bonchev–Trinajstić information content (AvgIpc) is 1.00. The van der Waals surface area contributed by atoms with E-state index in [4.69, 9.17) is 0 Å². The lowest BCUT2D eigenvalue weighted by Gasteiger charge is -1.10. The van der Waals surface area contributed by atoms with Crippen molar-refractivity contribution in [1.29, 1.82) is 0 Å². The highest BCUT2D eigenvalue weighted by molar-refractivity contribution is 7.15. The van der Waals surface area contributed by atoms with Gasteiger partial charge in [0, 0.05) is 0 Å². The van der Waals surface area contributed by atoms with Crippen molar-refractivity contribution >= 4 is 9.24 Å². The molecule has 1 heteroatoms. The Morgan fingerprint density at radius 1 is 0.0909 bits per heavy atom. The monoisotopic (exact) mass is 721 g/mol. The van der Waals surface area contributed by atoms with Gasteiger partial charge in [0.2, 0.25) is 0 Å². The quantitative estimate of drug-likeness (QED) is 0.219. The second kappa shape index (κ2) is 423000. The van der Waals surface area contributed by atoms with Crippen LogP contribution in [0.1, 0.15) is 312 Å². The summed E-state index contributed by atoms with van der Waals surface area (Å²) >= 11 is 0. The zero-order valence-electron chi connectivity index (χ0n) is 1.58. The zero-order chi connectivity index (χ0) is 2.00. The van der Waals surface area contributed by atoms with Gasteiger partial charge in [-0.1, -0.05) is 319 Å². The Kier molecular flexibility index (Phi) is 394000000. The summed E-state index contributed by atoms with van der Waals surface area (Å²) in [4.78, 5) is 0. The number of hydrogen-bond acceptors (Lipinski definition) is 0. The summed E-state index contributed by atoms with van der Waals surface area (Å²) in [6.07, 6.45) is 0. The van der Waals surface area contributed by atoms with Crippen LogP contribution in [-0.4, -0.2) is 6.66 Å². The maximum absolute atomic E-state index is 2.42. The number of rotatable bonds is 0. The molecule has 0 amide bonds. The lowest BCUT2D eigenvalue weighted by atomic mass is 12.0. The van der Waals surface area contributed by atoms with Crippen molar-refractivity contribution in [2.75, 3.05) is 6.66 Å². The first kappa shape index (κ1) is 41000. The van der Waals surface area contributed by atoms with Crippen molar-refractivity contribution in [3.8, 4) is 0 Å². The molecule has 0 saturated heterocycles. The van der Waals surface area contributed by atoms with Crippen LogP contribution in [-0.2, 0) is 0 Å². The molecule has 0 N–H and O–H groups in total. The zero-order valence-corrected chi connectivity index (χ0v) is 2.73. The van der Waals surface area contributed by atoms with Crippen LogP contribution in [0.2, 0.25) is 0 Å². The molecule has 0 radical (unpaired) electrons. The van der Waals surface area contributed by atoms with Gasteiger partial charge in [-0.15, -0.1) is 9.24 Å². The molecule has 0 spiro atoms. The van der Waals surface area contributed by atoms with E-state index in [-0.39, 0.29) is 312 Å².